The van der Waals surface area contributed by atoms with Crippen molar-refractivity contribution in [3.63, 3.8) is 0 Å². The first-order chi connectivity index (χ1) is 9.74. The van der Waals surface area contributed by atoms with Crippen LogP contribution in [0.15, 0.2) is 35.1 Å². The van der Waals surface area contributed by atoms with E-state index in [1.54, 1.807) is 0 Å². The average molecular weight is 270 g/mol. The Morgan fingerprint density at radius 2 is 1.95 bits per heavy atom. The van der Waals surface area contributed by atoms with Crippen molar-refractivity contribution < 1.29 is 0 Å². The summed E-state index contributed by atoms with van der Waals surface area (Å²) in [6, 6.07) is 9.59. The molecule has 0 bridgehead atoms. The first-order valence-corrected chi connectivity index (χ1v) is 6.87. The van der Waals surface area contributed by atoms with E-state index in [9.17, 15) is 4.79 Å². The zero-order chi connectivity index (χ0) is 13.9. The number of nitrogens with two attached hydrogens (primary N) is 1. The van der Waals surface area contributed by atoms with Crippen LogP contribution in [0.3, 0.4) is 0 Å². The van der Waals surface area contributed by atoms with Crippen LogP contribution in [0.1, 0.15) is 35.7 Å². The number of aromatic amines is 1. The van der Waals surface area contributed by atoms with Crippen LogP contribution in [-0.2, 0) is 13.1 Å². The van der Waals surface area contributed by atoms with E-state index in [1.165, 1.54) is 6.07 Å². The van der Waals surface area contributed by atoms with Gasteiger partial charge in [-0.25, -0.2) is 4.98 Å². The lowest BCUT2D eigenvalue weighted by atomic mass is 10.1. The van der Waals surface area contributed by atoms with E-state index in [2.05, 4.69) is 15.3 Å². The second-order valence-corrected chi connectivity index (χ2v) is 5.16. The highest BCUT2D eigenvalue weighted by Gasteiger charge is 2.26. The molecule has 0 aliphatic heterocycles. The topological polar surface area (TPSA) is 83.8 Å². The van der Waals surface area contributed by atoms with E-state index in [0.717, 1.165) is 29.8 Å². The van der Waals surface area contributed by atoms with E-state index in [0.29, 0.717) is 24.8 Å². The zero-order valence-corrected chi connectivity index (χ0v) is 11.2. The molecule has 5 heteroatoms. The molecule has 20 heavy (non-hydrogen) atoms. The van der Waals surface area contributed by atoms with Gasteiger partial charge in [-0.2, -0.15) is 0 Å². The molecule has 1 saturated carbocycles. The standard InChI is InChI=1S/C15H18N4O/c16-8-10-1-3-11(4-2-10)9-17-13-7-14(20)19-15(18-13)12-5-6-12/h1-4,7,12H,5-6,8-9,16H2,(H2,17,18,19,20). The molecule has 0 saturated heterocycles. The van der Waals surface area contributed by atoms with Gasteiger partial charge in [-0.15, -0.1) is 0 Å². The van der Waals surface area contributed by atoms with E-state index in [-0.39, 0.29) is 5.56 Å². The molecule has 0 spiro atoms. The molecule has 4 N–H and O–H groups in total. The first-order valence-electron chi connectivity index (χ1n) is 6.87. The second-order valence-electron chi connectivity index (χ2n) is 5.16. The van der Waals surface area contributed by atoms with Crippen LogP contribution in [0, 0.1) is 0 Å². The Hall–Kier alpha value is -2.14. The van der Waals surface area contributed by atoms with Crippen molar-refractivity contribution in [2.75, 3.05) is 5.32 Å². The third-order valence-electron chi connectivity index (χ3n) is 3.46. The largest absolute Gasteiger partial charge is 0.366 e. The van der Waals surface area contributed by atoms with Crippen LogP contribution in [0.5, 0.6) is 0 Å². The summed E-state index contributed by atoms with van der Waals surface area (Å²) in [4.78, 5) is 18.8. The van der Waals surface area contributed by atoms with Crippen LogP contribution in [0.2, 0.25) is 0 Å². The molecule has 1 aromatic carbocycles. The summed E-state index contributed by atoms with van der Waals surface area (Å²) in [5.41, 5.74) is 7.72. The molecule has 1 heterocycles. The maximum atomic E-state index is 11.6. The molecule has 0 amide bonds. The van der Waals surface area contributed by atoms with Gasteiger partial charge in [-0.3, -0.25) is 4.79 Å². The number of aromatic nitrogens is 2. The molecular weight excluding hydrogens is 252 g/mol. The number of H-pyrrole nitrogens is 1. The van der Waals surface area contributed by atoms with Crippen molar-refractivity contribution in [3.05, 3.63) is 57.6 Å². The molecule has 0 atom stereocenters. The number of benzene rings is 1. The fourth-order valence-electron chi connectivity index (χ4n) is 2.10. The summed E-state index contributed by atoms with van der Waals surface area (Å²) >= 11 is 0. The summed E-state index contributed by atoms with van der Waals surface area (Å²) in [5.74, 6) is 1.88. The van der Waals surface area contributed by atoms with Crippen LogP contribution in [0.4, 0.5) is 5.82 Å². The van der Waals surface area contributed by atoms with Crippen LogP contribution in [0.25, 0.3) is 0 Å². The lowest BCUT2D eigenvalue weighted by Gasteiger charge is -2.07. The summed E-state index contributed by atoms with van der Waals surface area (Å²) in [6.07, 6.45) is 2.24. The van der Waals surface area contributed by atoms with Gasteiger partial charge in [-0.1, -0.05) is 24.3 Å². The maximum Gasteiger partial charge on any atom is 0.252 e. The molecule has 1 fully saturated rings. The molecular formula is C15H18N4O. The molecule has 3 rings (SSSR count). The summed E-state index contributed by atoms with van der Waals surface area (Å²) < 4.78 is 0. The van der Waals surface area contributed by atoms with Gasteiger partial charge in [0, 0.05) is 25.1 Å². The normalized spacial score (nSPS) is 14.2. The monoisotopic (exact) mass is 270 g/mol. The predicted molar refractivity (Wildman–Crippen MR) is 78.5 cm³/mol. The lowest BCUT2D eigenvalue weighted by Crippen LogP contribution is -2.13. The van der Waals surface area contributed by atoms with Crippen LogP contribution in [-0.4, -0.2) is 9.97 Å². The van der Waals surface area contributed by atoms with E-state index in [1.807, 2.05) is 24.3 Å². The highest BCUT2D eigenvalue weighted by molar-refractivity contribution is 5.36. The minimum Gasteiger partial charge on any atom is -0.366 e. The Morgan fingerprint density at radius 3 is 2.60 bits per heavy atom. The summed E-state index contributed by atoms with van der Waals surface area (Å²) in [6.45, 7) is 1.19. The van der Waals surface area contributed by atoms with Crippen molar-refractivity contribution in [2.45, 2.75) is 31.8 Å². The van der Waals surface area contributed by atoms with Crippen molar-refractivity contribution in [3.8, 4) is 0 Å². The number of hydrogen-bond donors (Lipinski definition) is 3. The molecule has 1 aliphatic rings. The van der Waals surface area contributed by atoms with Crippen LogP contribution >= 0.6 is 0 Å². The Kier molecular flexibility index (Phi) is 3.52. The van der Waals surface area contributed by atoms with Gasteiger partial charge in [0.1, 0.15) is 11.6 Å². The van der Waals surface area contributed by atoms with Crippen molar-refractivity contribution in [1.82, 2.24) is 9.97 Å². The van der Waals surface area contributed by atoms with Gasteiger partial charge in [0.05, 0.1) is 0 Å². The molecule has 104 valence electrons. The average Bonchev–Trinajstić information content (AvgIpc) is 3.30. The fourth-order valence-corrected chi connectivity index (χ4v) is 2.10. The smallest absolute Gasteiger partial charge is 0.252 e. The molecule has 2 aromatic rings. The highest BCUT2D eigenvalue weighted by Crippen LogP contribution is 2.37. The molecule has 1 aromatic heterocycles. The second kappa shape index (κ2) is 5.46. The van der Waals surface area contributed by atoms with Gasteiger partial charge in [-0.05, 0) is 24.0 Å². The lowest BCUT2D eigenvalue weighted by molar-refractivity contribution is 0.903. The Balaban J connectivity index is 1.69. The SMILES string of the molecule is NCc1ccc(CNc2cc(=O)[nH]c(C3CC3)n2)cc1. The Bertz CT molecular complexity index is 644. The third kappa shape index (κ3) is 3.05. The van der Waals surface area contributed by atoms with Crippen LogP contribution < -0.4 is 16.6 Å². The Labute approximate surface area is 117 Å². The van der Waals surface area contributed by atoms with E-state index in [4.69, 9.17) is 5.73 Å². The number of nitrogens with one attached hydrogen (secondary N) is 2. The third-order valence-corrected chi connectivity index (χ3v) is 3.46. The zero-order valence-electron chi connectivity index (χ0n) is 11.2. The van der Waals surface area contributed by atoms with Gasteiger partial charge in [0.25, 0.3) is 5.56 Å². The minimum absolute atomic E-state index is 0.0946. The number of nitrogens with zero attached hydrogens (tertiary/aromatic N) is 1. The summed E-state index contributed by atoms with van der Waals surface area (Å²) in [7, 11) is 0. The van der Waals surface area contributed by atoms with E-state index >= 15 is 0 Å². The molecule has 0 radical (unpaired) electrons. The van der Waals surface area contributed by atoms with E-state index < -0.39 is 0 Å². The molecule has 0 unspecified atom stereocenters. The molecule has 5 nitrogen and oxygen atoms in total. The number of rotatable bonds is 5. The maximum absolute atomic E-state index is 11.6. The van der Waals surface area contributed by atoms with Gasteiger partial charge in [0.15, 0.2) is 0 Å². The number of hydrogen-bond acceptors (Lipinski definition) is 4. The first kappa shape index (κ1) is 12.9. The van der Waals surface area contributed by atoms with Gasteiger partial charge < -0.3 is 16.0 Å². The minimum atomic E-state index is -0.0946. The van der Waals surface area contributed by atoms with Crippen molar-refractivity contribution >= 4 is 5.82 Å². The quantitative estimate of drug-likeness (QED) is 0.772. The fraction of sp³-hybridized carbons (Fsp3) is 0.333. The van der Waals surface area contributed by atoms with Crippen molar-refractivity contribution in [1.29, 1.82) is 0 Å². The molecule has 1 aliphatic carbocycles. The summed E-state index contributed by atoms with van der Waals surface area (Å²) in [5, 5.41) is 3.20. The number of anilines is 1. The van der Waals surface area contributed by atoms with Gasteiger partial charge in [0.2, 0.25) is 0 Å². The Morgan fingerprint density at radius 1 is 1.25 bits per heavy atom. The predicted octanol–water partition coefficient (Wildman–Crippen LogP) is 1.72. The highest BCUT2D eigenvalue weighted by atomic mass is 16.1. The van der Waals surface area contributed by atoms with Gasteiger partial charge >= 0.3 is 0 Å². The van der Waals surface area contributed by atoms with Crippen molar-refractivity contribution in [2.24, 2.45) is 5.73 Å².